The van der Waals surface area contributed by atoms with Gasteiger partial charge in [-0.05, 0) is 44.6 Å². The van der Waals surface area contributed by atoms with Crippen molar-refractivity contribution in [3.63, 3.8) is 0 Å². The van der Waals surface area contributed by atoms with Crippen LogP contribution in [0.4, 0.5) is 0 Å². The van der Waals surface area contributed by atoms with Crippen LogP contribution in [0.3, 0.4) is 0 Å². The molecule has 13 heavy (non-hydrogen) atoms. The van der Waals surface area contributed by atoms with Gasteiger partial charge >= 0.3 is 0 Å². The zero-order valence-electron chi connectivity index (χ0n) is 8.59. The Hall–Kier alpha value is -0.0800. The van der Waals surface area contributed by atoms with Crippen LogP contribution in [0.25, 0.3) is 0 Å². The van der Waals surface area contributed by atoms with Crippen molar-refractivity contribution < 1.29 is 4.74 Å². The lowest BCUT2D eigenvalue weighted by atomic mass is 10.2. The summed E-state index contributed by atoms with van der Waals surface area (Å²) in [7, 11) is 0. The van der Waals surface area contributed by atoms with Gasteiger partial charge in [0.2, 0.25) is 0 Å². The molecule has 0 radical (unpaired) electrons. The molecule has 0 aromatic rings. The molecule has 76 valence electrons. The molecule has 0 aromatic heterocycles. The van der Waals surface area contributed by atoms with Gasteiger partial charge in [-0.25, -0.2) is 0 Å². The fourth-order valence-electron chi connectivity index (χ4n) is 2.17. The van der Waals surface area contributed by atoms with Crippen LogP contribution < -0.4 is 5.32 Å². The highest BCUT2D eigenvalue weighted by Gasteiger charge is 2.29. The number of likely N-dealkylation sites (N-methyl/N-ethyl adjacent to an activating group) is 1. The van der Waals surface area contributed by atoms with Gasteiger partial charge in [0.15, 0.2) is 0 Å². The predicted molar refractivity (Wildman–Crippen MR) is 53.8 cm³/mol. The van der Waals surface area contributed by atoms with Gasteiger partial charge in [0, 0.05) is 12.6 Å². The van der Waals surface area contributed by atoms with Crippen molar-refractivity contribution in [2.24, 2.45) is 5.92 Å². The fourth-order valence-corrected chi connectivity index (χ4v) is 2.17. The normalized spacial score (nSPS) is 33.9. The van der Waals surface area contributed by atoms with Gasteiger partial charge in [-0.1, -0.05) is 6.92 Å². The number of rotatable bonds is 5. The van der Waals surface area contributed by atoms with Gasteiger partial charge in [0.05, 0.1) is 6.10 Å². The first kappa shape index (κ1) is 9.47. The van der Waals surface area contributed by atoms with Gasteiger partial charge in [-0.3, -0.25) is 0 Å². The van der Waals surface area contributed by atoms with E-state index in [1.165, 1.54) is 32.1 Å². The maximum absolute atomic E-state index is 5.93. The number of nitrogens with one attached hydrogen (secondary N) is 1. The summed E-state index contributed by atoms with van der Waals surface area (Å²) in [6.07, 6.45) is 7.23. The average Bonchev–Trinajstić information content (AvgIpc) is 2.86. The highest BCUT2D eigenvalue weighted by atomic mass is 16.5. The van der Waals surface area contributed by atoms with E-state index in [0.717, 1.165) is 19.1 Å². The summed E-state index contributed by atoms with van der Waals surface area (Å²) in [6, 6.07) is 0.642. The van der Waals surface area contributed by atoms with Gasteiger partial charge in [-0.15, -0.1) is 0 Å². The molecule has 2 nitrogen and oxygen atoms in total. The van der Waals surface area contributed by atoms with E-state index in [2.05, 4.69) is 12.2 Å². The molecule has 0 aliphatic heterocycles. The molecule has 0 aromatic carbocycles. The summed E-state index contributed by atoms with van der Waals surface area (Å²) in [5.41, 5.74) is 0. The molecule has 0 amide bonds. The lowest BCUT2D eigenvalue weighted by molar-refractivity contribution is 0.0337. The minimum Gasteiger partial charge on any atom is -0.376 e. The van der Waals surface area contributed by atoms with Gasteiger partial charge < -0.3 is 10.1 Å². The lowest BCUT2D eigenvalue weighted by Gasteiger charge is -2.20. The number of ether oxygens (including phenoxy) is 1. The zero-order valence-corrected chi connectivity index (χ0v) is 8.59. The monoisotopic (exact) mass is 183 g/mol. The topological polar surface area (TPSA) is 21.3 Å². The second-order valence-corrected chi connectivity index (χ2v) is 4.41. The Kier molecular flexibility index (Phi) is 3.23. The van der Waals surface area contributed by atoms with E-state index in [-0.39, 0.29) is 0 Å². The van der Waals surface area contributed by atoms with Crippen LogP contribution in [0.5, 0.6) is 0 Å². The molecule has 2 rings (SSSR count). The van der Waals surface area contributed by atoms with Gasteiger partial charge in [-0.2, -0.15) is 0 Å². The van der Waals surface area contributed by atoms with Crippen molar-refractivity contribution in [1.29, 1.82) is 0 Å². The third kappa shape index (κ3) is 2.68. The van der Waals surface area contributed by atoms with E-state index in [1.54, 1.807) is 0 Å². The molecule has 0 saturated heterocycles. The minimum atomic E-state index is 0.514. The minimum absolute atomic E-state index is 0.514. The summed E-state index contributed by atoms with van der Waals surface area (Å²) in [5.74, 6) is 0.905. The molecule has 2 aliphatic rings. The number of hydrogen-bond acceptors (Lipinski definition) is 2. The summed E-state index contributed by atoms with van der Waals surface area (Å²) in [4.78, 5) is 0. The smallest absolute Gasteiger partial charge is 0.0728 e. The van der Waals surface area contributed by atoms with Crippen LogP contribution in [0.15, 0.2) is 0 Å². The van der Waals surface area contributed by atoms with E-state index < -0.39 is 0 Å². The van der Waals surface area contributed by atoms with E-state index in [0.29, 0.717) is 12.1 Å². The summed E-state index contributed by atoms with van der Waals surface area (Å²) >= 11 is 0. The van der Waals surface area contributed by atoms with Crippen molar-refractivity contribution in [2.75, 3.05) is 13.2 Å². The Bertz CT molecular complexity index is 156. The summed E-state index contributed by atoms with van der Waals surface area (Å²) < 4.78 is 5.93. The van der Waals surface area contributed by atoms with Crippen molar-refractivity contribution in [2.45, 2.75) is 51.2 Å². The van der Waals surface area contributed by atoms with Crippen LogP contribution in [-0.2, 0) is 4.74 Å². The molecule has 1 N–H and O–H groups in total. The SMILES string of the molecule is CCNC1CCCC1OCC1CC1. The van der Waals surface area contributed by atoms with Crippen LogP contribution in [-0.4, -0.2) is 25.3 Å². The van der Waals surface area contributed by atoms with Crippen LogP contribution in [0.1, 0.15) is 39.0 Å². The lowest BCUT2D eigenvalue weighted by Crippen LogP contribution is -2.37. The largest absolute Gasteiger partial charge is 0.376 e. The van der Waals surface area contributed by atoms with E-state index in [9.17, 15) is 0 Å². The molecule has 0 bridgehead atoms. The van der Waals surface area contributed by atoms with Gasteiger partial charge in [0.1, 0.15) is 0 Å². The molecular weight excluding hydrogens is 162 g/mol. The number of hydrogen-bond donors (Lipinski definition) is 1. The highest BCUT2D eigenvalue weighted by molar-refractivity contribution is 4.84. The maximum Gasteiger partial charge on any atom is 0.0728 e. The Morgan fingerprint density at radius 1 is 1.23 bits per heavy atom. The van der Waals surface area contributed by atoms with Crippen molar-refractivity contribution >= 4 is 0 Å². The maximum atomic E-state index is 5.93. The molecular formula is C11H21NO. The first-order chi connectivity index (χ1) is 6.40. The first-order valence-electron chi connectivity index (χ1n) is 5.75. The zero-order chi connectivity index (χ0) is 9.10. The van der Waals surface area contributed by atoms with Crippen LogP contribution in [0, 0.1) is 5.92 Å². The Morgan fingerprint density at radius 2 is 2.08 bits per heavy atom. The molecule has 2 fully saturated rings. The fraction of sp³-hybridized carbons (Fsp3) is 1.00. The Morgan fingerprint density at radius 3 is 2.77 bits per heavy atom. The van der Waals surface area contributed by atoms with E-state index in [1.807, 2.05) is 0 Å². The second kappa shape index (κ2) is 4.43. The molecule has 0 heterocycles. The average molecular weight is 183 g/mol. The van der Waals surface area contributed by atoms with Gasteiger partial charge in [0.25, 0.3) is 0 Å². The summed E-state index contributed by atoms with van der Waals surface area (Å²) in [5, 5.41) is 3.51. The first-order valence-corrected chi connectivity index (χ1v) is 5.75. The van der Waals surface area contributed by atoms with E-state index in [4.69, 9.17) is 4.74 Å². The standard InChI is InChI=1S/C11H21NO/c1-2-12-10-4-3-5-11(10)13-8-9-6-7-9/h9-12H,2-8H2,1H3. The van der Waals surface area contributed by atoms with E-state index >= 15 is 0 Å². The predicted octanol–water partition coefficient (Wildman–Crippen LogP) is 1.94. The third-order valence-corrected chi connectivity index (χ3v) is 3.16. The third-order valence-electron chi connectivity index (χ3n) is 3.16. The molecule has 2 unspecified atom stereocenters. The summed E-state index contributed by atoms with van der Waals surface area (Å²) in [6.45, 7) is 4.27. The molecule has 2 aliphatic carbocycles. The molecule has 0 spiro atoms. The second-order valence-electron chi connectivity index (χ2n) is 4.41. The Balaban J connectivity index is 1.68. The van der Waals surface area contributed by atoms with Crippen LogP contribution >= 0.6 is 0 Å². The molecule has 2 saturated carbocycles. The Labute approximate surface area is 81.0 Å². The van der Waals surface area contributed by atoms with Crippen molar-refractivity contribution in [3.8, 4) is 0 Å². The molecule has 2 atom stereocenters. The van der Waals surface area contributed by atoms with Crippen molar-refractivity contribution in [3.05, 3.63) is 0 Å². The van der Waals surface area contributed by atoms with Crippen molar-refractivity contribution in [1.82, 2.24) is 5.32 Å². The highest BCUT2D eigenvalue weighted by Crippen LogP contribution is 2.31. The molecule has 2 heteroatoms. The van der Waals surface area contributed by atoms with Crippen LogP contribution in [0.2, 0.25) is 0 Å². The quantitative estimate of drug-likeness (QED) is 0.703.